The molecule has 1 N–H and O–H groups in total. The molecular weight excluding hydrogens is 394 g/mol. The van der Waals surface area contributed by atoms with Crippen molar-refractivity contribution in [3.05, 3.63) is 34.9 Å². The first-order chi connectivity index (χ1) is 13.8. The van der Waals surface area contributed by atoms with Crippen molar-refractivity contribution in [2.75, 3.05) is 20.3 Å². The second-order valence-electron chi connectivity index (χ2n) is 8.06. The molecule has 1 aliphatic heterocycles. The van der Waals surface area contributed by atoms with Gasteiger partial charge in [0.1, 0.15) is 5.54 Å². The maximum atomic E-state index is 13.4. The van der Waals surface area contributed by atoms with Gasteiger partial charge in [-0.2, -0.15) is 0 Å². The number of nitrogens with zero attached hydrogens (tertiary/aromatic N) is 2. The SMILES string of the molecule is COC(=O)CN(Cc1ccccc1Cl)CN1C(=O)NC2(C1=O)[C@H](C)CCC[C@H]2C. The fraction of sp³-hybridized carbons (Fsp3) is 0.571. The Morgan fingerprint density at radius 3 is 2.55 bits per heavy atom. The molecule has 1 heterocycles. The van der Waals surface area contributed by atoms with Crippen molar-refractivity contribution in [3.8, 4) is 0 Å². The zero-order valence-electron chi connectivity index (χ0n) is 17.1. The molecule has 1 aromatic carbocycles. The molecule has 3 rings (SSSR count). The van der Waals surface area contributed by atoms with Gasteiger partial charge in [0.25, 0.3) is 5.91 Å². The summed E-state index contributed by atoms with van der Waals surface area (Å²) in [7, 11) is 1.31. The van der Waals surface area contributed by atoms with Crippen molar-refractivity contribution in [2.45, 2.75) is 45.2 Å². The maximum absolute atomic E-state index is 13.4. The largest absolute Gasteiger partial charge is 0.468 e. The summed E-state index contributed by atoms with van der Waals surface area (Å²) in [4.78, 5) is 41.0. The van der Waals surface area contributed by atoms with Gasteiger partial charge in [0, 0.05) is 11.6 Å². The van der Waals surface area contributed by atoms with Crippen LogP contribution in [0.5, 0.6) is 0 Å². The highest BCUT2D eigenvalue weighted by Crippen LogP contribution is 2.42. The third kappa shape index (κ3) is 4.12. The molecule has 2 atom stereocenters. The van der Waals surface area contributed by atoms with Gasteiger partial charge < -0.3 is 10.1 Å². The van der Waals surface area contributed by atoms with Gasteiger partial charge in [-0.1, -0.05) is 50.1 Å². The Balaban J connectivity index is 1.83. The quantitative estimate of drug-likeness (QED) is 0.564. The lowest BCUT2D eigenvalue weighted by atomic mass is 9.67. The van der Waals surface area contributed by atoms with E-state index in [1.807, 2.05) is 32.0 Å². The molecule has 0 aromatic heterocycles. The lowest BCUT2D eigenvalue weighted by Crippen LogP contribution is -2.59. The zero-order chi connectivity index (χ0) is 21.2. The van der Waals surface area contributed by atoms with E-state index in [-0.39, 0.29) is 31.0 Å². The Labute approximate surface area is 176 Å². The van der Waals surface area contributed by atoms with Crippen molar-refractivity contribution < 1.29 is 19.1 Å². The molecule has 0 unspecified atom stereocenters. The van der Waals surface area contributed by atoms with Gasteiger partial charge in [-0.15, -0.1) is 0 Å². The first kappa shape index (κ1) is 21.6. The number of methoxy groups -OCH3 is 1. The van der Waals surface area contributed by atoms with Crippen LogP contribution in [0.2, 0.25) is 5.02 Å². The molecule has 2 fully saturated rings. The van der Waals surface area contributed by atoms with Gasteiger partial charge in [0.2, 0.25) is 0 Å². The molecule has 0 radical (unpaired) electrons. The van der Waals surface area contributed by atoms with Crippen LogP contribution >= 0.6 is 11.6 Å². The smallest absolute Gasteiger partial charge is 0.326 e. The summed E-state index contributed by atoms with van der Waals surface area (Å²) in [6.07, 6.45) is 2.85. The summed E-state index contributed by atoms with van der Waals surface area (Å²) in [6, 6.07) is 6.88. The van der Waals surface area contributed by atoms with Crippen molar-refractivity contribution in [1.29, 1.82) is 0 Å². The number of halogens is 1. The first-order valence-electron chi connectivity index (χ1n) is 9.96. The third-order valence-corrected chi connectivity index (χ3v) is 6.63. The molecule has 1 spiro atoms. The molecule has 2 aliphatic rings. The van der Waals surface area contributed by atoms with Gasteiger partial charge >= 0.3 is 12.0 Å². The second kappa shape index (κ2) is 8.71. The maximum Gasteiger partial charge on any atom is 0.326 e. The summed E-state index contributed by atoms with van der Waals surface area (Å²) >= 11 is 6.26. The summed E-state index contributed by atoms with van der Waals surface area (Å²) < 4.78 is 4.79. The van der Waals surface area contributed by atoms with E-state index >= 15 is 0 Å². The van der Waals surface area contributed by atoms with Crippen LogP contribution in [0.25, 0.3) is 0 Å². The molecule has 3 amide bonds. The van der Waals surface area contributed by atoms with Gasteiger partial charge in [0.05, 0.1) is 20.3 Å². The van der Waals surface area contributed by atoms with Crippen LogP contribution < -0.4 is 5.32 Å². The summed E-state index contributed by atoms with van der Waals surface area (Å²) in [5.74, 6) is -0.537. The fourth-order valence-corrected chi connectivity index (χ4v) is 4.75. The molecule has 1 saturated heterocycles. The Bertz CT molecular complexity index is 790. The van der Waals surface area contributed by atoms with Gasteiger partial charge in [-0.05, 0) is 36.3 Å². The van der Waals surface area contributed by atoms with E-state index in [2.05, 4.69) is 5.32 Å². The summed E-state index contributed by atoms with van der Waals surface area (Å²) in [6.45, 7) is 4.29. The Morgan fingerprint density at radius 2 is 1.93 bits per heavy atom. The zero-order valence-corrected chi connectivity index (χ0v) is 17.9. The highest BCUT2D eigenvalue weighted by Gasteiger charge is 2.58. The monoisotopic (exact) mass is 421 g/mol. The van der Waals surface area contributed by atoms with Crippen LogP contribution in [0, 0.1) is 11.8 Å². The minimum atomic E-state index is -0.864. The van der Waals surface area contributed by atoms with E-state index in [1.54, 1.807) is 11.0 Å². The number of benzene rings is 1. The number of imide groups is 1. The first-order valence-corrected chi connectivity index (χ1v) is 10.3. The molecule has 1 aromatic rings. The fourth-order valence-electron chi connectivity index (χ4n) is 4.55. The van der Waals surface area contributed by atoms with Crippen LogP contribution in [-0.4, -0.2) is 53.6 Å². The summed E-state index contributed by atoms with van der Waals surface area (Å²) in [5, 5.41) is 3.55. The van der Waals surface area contributed by atoms with E-state index in [0.29, 0.717) is 11.6 Å². The topological polar surface area (TPSA) is 79.0 Å². The molecule has 1 aliphatic carbocycles. The van der Waals surface area contributed by atoms with Crippen LogP contribution in [0.3, 0.4) is 0 Å². The van der Waals surface area contributed by atoms with Crippen molar-refractivity contribution in [2.24, 2.45) is 11.8 Å². The minimum absolute atomic E-state index is 0.00776. The standard InChI is InChI=1S/C21H28ClN3O4/c1-14-7-6-8-15(2)21(14)19(27)25(20(28)23-21)13-24(12-18(26)29-3)11-16-9-4-5-10-17(16)22/h4-5,9-10,14-15H,6-8,11-13H2,1-3H3,(H,23,28)/t14-,15-/m1/s1. The average molecular weight is 422 g/mol. The molecule has 8 heteroatoms. The van der Waals surface area contributed by atoms with E-state index < -0.39 is 17.5 Å². The number of ether oxygens (including phenoxy) is 1. The molecule has 29 heavy (non-hydrogen) atoms. The second-order valence-corrected chi connectivity index (χ2v) is 8.47. The highest BCUT2D eigenvalue weighted by atomic mass is 35.5. The predicted molar refractivity (Wildman–Crippen MR) is 109 cm³/mol. The Kier molecular flexibility index (Phi) is 6.49. The number of carbonyl (C=O) groups is 3. The number of carbonyl (C=O) groups excluding carboxylic acids is 3. The number of nitrogens with one attached hydrogen (secondary N) is 1. The molecular formula is C21H28ClN3O4. The lowest BCUT2D eigenvalue weighted by molar-refractivity contribution is -0.145. The van der Waals surface area contributed by atoms with Crippen molar-refractivity contribution in [3.63, 3.8) is 0 Å². The predicted octanol–water partition coefficient (Wildman–Crippen LogP) is 3.02. The normalized spacial score (nSPS) is 23.6. The molecule has 7 nitrogen and oxygen atoms in total. The molecule has 0 bridgehead atoms. The van der Waals surface area contributed by atoms with Crippen LogP contribution in [0.1, 0.15) is 38.7 Å². The minimum Gasteiger partial charge on any atom is -0.468 e. The lowest BCUT2D eigenvalue weighted by Gasteiger charge is -2.42. The van der Waals surface area contributed by atoms with Crippen LogP contribution in [0.4, 0.5) is 4.79 Å². The Hall–Kier alpha value is -2.12. The van der Waals surface area contributed by atoms with Crippen molar-refractivity contribution in [1.82, 2.24) is 15.1 Å². The van der Waals surface area contributed by atoms with E-state index in [0.717, 1.165) is 24.8 Å². The Morgan fingerprint density at radius 1 is 1.28 bits per heavy atom. The van der Waals surface area contributed by atoms with Gasteiger partial charge in [-0.3, -0.25) is 14.5 Å². The number of rotatable bonds is 6. The van der Waals surface area contributed by atoms with E-state index in [1.165, 1.54) is 12.0 Å². The van der Waals surface area contributed by atoms with Crippen LogP contribution in [0.15, 0.2) is 24.3 Å². The van der Waals surface area contributed by atoms with Gasteiger partial charge in [0.15, 0.2) is 0 Å². The van der Waals surface area contributed by atoms with Crippen molar-refractivity contribution >= 4 is 29.5 Å². The number of amides is 3. The highest BCUT2D eigenvalue weighted by molar-refractivity contribution is 6.31. The van der Waals surface area contributed by atoms with Gasteiger partial charge in [-0.25, -0.2) is 9.69 Å². The number of urea groups is 1. The van der Waals surface area contributed by atoms with Crippen LogP contribution in [-0.2, 0) is 20.9 Å². The number of hydrogen-bond donors (Lipinski definition) is 1. The van der Waals surface area contributed by atoms with E-state index in [9.17, 15) is 14.4 Å². The number of hydrogen-bond acceptors (Lipinski definition) is 5. The average Bonchev–Trinajstić information content (AvgIpc) is 2.93. The molecule has 158 valence electrons. The van der Waals surface area contributed by atoms with E-state index in [4.69, 9.17) is 16.3 Å². The molecule has 1 saturated carbocycles. The summed E-state index contributed by atoms with van der Waals surface area (Å²) in [5.41, 5.74) is -0.0596. The number of esters is 1. The third-order valence-electron chi connectivity index (χ3n) is 6.26.